The molecule has 1 amide bonds. The van der Waals surface area contributed by atoms with Gasteiger partial charge < -0.3 is 5.32 Å². The van der Waals surface area contributed by atoms with Gasteiger partial charge in [0.25, 0.3) is 0 Å². The number of rotatable bonds is 8. The van der Waals surface area contributed by atoms with Gasteiger partial charge in [-0.25, -0.2) is 12.8 Å². The summed E-state index contributed by atoms with van der Waals surface area (Å²) in [4.78, 5) is 12.5. The van der Waals surface area contributed by atoms with Crippen molar-refractivity contribution in [3.8, 4) is 0 Å². The fourth-order valence-corrected chi connectivity index (χ4v) is 3.70. The Morgan fingerprint density at radius 3 is 2.26 bits per heavy atom. The highest BCUT2D eigenvalue weighted by Crippen LogP contribution is 2.23. The third-order valence-electron chi connectivity index (χ3n) is 3.52. The van der Waals surface area contributed by atoms with Crippen LogP contribution in [0.2, 0.25) is 0 Å². The molecule has 1 aromatic rings. The van der Waals surface area contributed by atoms with Crippen LogP contribution in [0.3, 0.4) is 0 Å². The van der Waals surface area contributed by atoms with Crippen LogP contribution in [0.25, 0.3) is 0 Å². The first-order valence-electron chi connectivity index (χ1n) is 7.76. The summed E-state index contributed by atoms with van der Waals surface area (Å²) in [6, 6.07) is 4.19. The summed E-state index contributed by atoms with van der Waals surface area (Å²) < 4.78 is 38.5. The first-order chi connectivity index (χ1) is 10.7. The number of hydrogen-bond acceptors (Lipinski definition) is 3. The Hall–Kier alpha value is -1.63. The molecule has 0 aliphatic heterocycles. The van der Waals surface area contributed by atoms with E-state index < -0.39 is 21.9 Å². The molecule has 130 valence electrons. The molecule has 0 radical (unpaired) electrons. The summed E-state index contributed by atoms with van der Waals surface area (Å²) in [6.45, 7) is 5.65. The number of sulfonamides is 1. The maximum absolute atomic E-state index is 13.1. The van der Waals surface area contributed by atoms with E-state index in [-0.39, 0.29) is 17.6 Å². The lowest BCUT2D eigenvalue weighted by molar-refractivity contribution is -0.122. The minimum Gasteiger partial charge on any atom is -0.352 e. The summed E-state index contributed by atoms with van der Waals surface area (Å²) in [5.74, 6) is -0.806. The molecule has 5 nitrogen and oxygen atoms in total. The summed E-state index contributed by atoms with van der Waals surface area (Å²) in [6.07, 6.45) is 3.10. The van der Waals surface area contributed by atoms with Gasteiger partial charge in [-0.2, -0.15) is 0 Å². The highest BCUT2D eigenvalue weighted by atomic mass is 32.2. The van der Waals surface area contributed by atoms with Crippen LogP contribution in [0.5, 0.6) is 0 Å². The van der Waals surface area contributed by atoms with Crippen molar-refractivity contribution in [1.82, 2.24) is 5.32 Å². The molecule has 0 unspecified atom stereocenters. The zero-order chi connectivity index (χ0) is 17.6. The number of benzene rings is 1. The molecule has 0 aromatic heterocycles. The van der Waals surface area contributed by atoms with Crippen LogP contribution < -0.4 is 9.62 Å². The maximum Gasteiger partial charge on any atom is 0.244 e. The predicted octanol–water partition coefficient (Wildman–Crippen LogP) is 2.68. The number of carbonyl (C=O) groups is 1. The summed E-state index contributed by atoms with van der Waals surface area (Å²) in [5.41, 5.74) is 0.277. The third kappa shape index (κ3) is 5.49. The van der Waals surface area contributed by atoms with Crippen molar-refractivity contribution in [2.75, 3.05) is 10.6 Å². The Labute approximate surface area is 137 Å². The number of amides is 1. The predicted molar refractivity (Wildman–Crippen MR) is 90.3 cm³/mol. The molecule has 0 saturated carbocycles. The van der Waals surface area contributed by atoms with Gasteiger partial charge >= 0.3 is 0 Å². The maximum atomic E-state index is 13.1. The van der Waals surface area contributed by atoms with Crippen LogP contribution in [0, 0.1) is 5.82 Å². The van der Waals surface area contributed by atoms with Crippen LogP contribution in [-0.2, 0) is 14.8 Å². The van der Waals surface area contributed by atoms with Gasteiger partial charge in [-0.1, -0.05) is 20.3 Å². The molecule has 0 aliphatic rings. The van der Waals surface area contributed by atoms with E-state index >= 15 is 0 Å². The Kier molecular flexibility index (Phi) is 7.00. The van der Waals surface area contributed by atoms with E-state index in [9.17, 15) is 17.6 Å². The number of halogens is 1. The molecule has 0 aliphatic carbocycles. The lowest BCUT2D eigenvalue weighted by Crippen LogP contribution is -2.51. The van der Waals surface area contributed by atoms with Crippen molar-refractivity contribution in [2.45, 2.75) is 52.1 Å². The molecule has 0 heterocycles. The number of nitrogens with zero attached hydrogens (tertiary/aromatic N) is 1. The Morgan fingerprint density at radius 2 is 1.83 bits per heavy atom. The molecule has 0 spiro atoms. The van der Waals surface area contributed by atoms with Crippen LogP contribution >= 0.6 is 0 Å². The highest BCUT2D eigenvalue weighted by Gasteiger charge is 2.31. The van der Waals surface area contributed by atoms with Crippen molar-refractivity contribution in [3.05, 3.63) is 30.1 Å². The van der Waals surface area contributed by atoms with Gasteiger partial charge in [0.1, 0.15) is 11.9 Å². The highest BCUT2D eigenvalue weighted by molar-refractivity contribution is 7.92. The molecule has 1 N–H and O–H groups in total. The van der Waals surface area contributed by atoms with E-state index in [0.717, 1.165) is 23.4 Å². The quantitative estimate of drug-likeness (QED) is 0.788. The van der Waals surface area contributed by atoms with E-state index in [2.05, 4.69) is 5.32 Å². The minimum absolute atomic E-state index is 0.0313. The average Bonchev–Trinajstić information content (AvgIpc) is 2.44. The molecule has 0 bridgehead atoms. The zero-order valence-corrected chi connectivity index (χ0v) is 14.9. The summed E-state index contributed by atoms with van der Waals surface area (Å²) >= 11 is 0. The van der Waals surface area contributed by atoms with Gasteiger partial charge in [0.15, 0.2) is 0 Å². The molecule has 1 aromatic carbocycles. The van der Waals surface area contributed by atoms with Gasteiger partial charge in [-0.3, -0.25) is 9.10 Å². The minimum atomic E-state index is -3.69. The lowest BCUT2D eigenvalue weighted by atomic mass is 10.1. The van der Waals surface area contributed by atoms with Crippen molar-refractivity contribution in [1.29, 1.82) is 0 Å². The molecular weight excluding hydrogens is 319 g/mol. The second-order valence-electron chi connectivity index (χ2n) is 5.66. The number of carbonyl (C=O) groups excluding carboxylic acids is 1. The fourth-order valence-electron chi connectivity index (χ4n) is 2.49. The van der Waals surface area contributed by atoms with Crippen molar-refractivity contribution in [2.24, 2.45) is 0 Å². The lowest BCUT2D eigenvalue weighted by Gasteiger charge is -2.31. The van der Waals surface area contributed by atoms with E-state index in [4.69, 9.17) is 0 Å². The Bertz CT molecular complexity index is 617. The van der Waals surface area contributed by atoms with Gasteiger partial charge in [-0.05, 0) is 44.0 Å². The molecule has 0 saturated heterocycles. The molecule has 2 atom stereocenters. The Balaban J connectivity index is 3.13. The number of nitrogens with one attached hydrogen (secondary N) is 1. The normalized spacial score (nSPS) is 14.1. The van der Waals surface area contributed by atoms with Crippen molar-refractivity contribution >= 4 is 21.6 Å². The second-order valence-corrected chi connectivity index (χ2v) is 7.52. The second kappa shape index (κ2) is 8.29. The van der Waals surface area contributed by atoms with Gasteiger partial charge in [0, 0.05) is 6.04 Å². The SMILES string of the molecule is CCC[C@H](C)NC(=O)[C@H](CC)N(c1ccc(F)cc1)S(C)(=O)=O. The molecular formula is C16H25FN2O3S. The zero-order valence-electron chi connectivity index (χ0n) is 14.0. The molecule has 23 heavy (non-hydrogen) atoms. The molecule has 0 fully saturated rings. The standard InChI is InChI=1S/C16H25FN2O3S/c1-5-7-12(3)18-16(20)15(6-2)19(23(4,21)22)14-10-8-13(17)9-11-14/h8-12,15H,5-7H2,1-4H3,(H,18,20)/t12-,15-/m0/s1. The van der Waals surface area contributed by atoms with E-state index in [1.807, 2.05) is 13.8 Å². The number of anilines is 1. The number of hydrogen-bond donors (Lipinski definition) is 1. The first-order valence-corrected chi connectivity index (χ1v) is 9.60. The third-order valence-corrected chi connectivity index (χ3v) is 4.70. The van der Waals surface area contributed by atoms with Crippen molar-refractivity contribution < 1.29 is 17.6 Å². The molecule has 7 heteroatoms. The van der Waals surface area contributed by atoms with Gasteiger partial charge in [0.2, 0.25) is 15.9 Å². The van der Waals surface area contributed by atoms with E-state index in [0.29, 0.717) is 6.42 Å². The first kappa shape index (κ1) is 19.4. The van der Waals surface area contributed by atoms with Crippen LogP contribution in [-0.4, -0.2) is 32.7 Å². The van der Waals surface area contributed by atoms with Crippen LogP contribution in [0.1, 0.15) is 40.0 Å². The van der Waals surface area contributed by atoms with Gasteiger partial charge in [-0.15, -0.1) is 0 Å². The summed E-state index contributed by atoms with van der Waals surface area (Å²) in [5, 5.41) is 2.85. The largest absolute Gasteiger partial charge is 0.352 e. The smallest absolute Gasteiger partial charge is 0.244 e. The fraction of sp³-hybridized carbons (Fsp3) is 0.562. The topological polar surface area (TPSA) is 66.5 Å². The molecule has 1 rings (SSSR count). The van der Waals surface area contributed by atoms with E-state index in [1.54, 1.807) is 6.92 Å². The summed E-state index contributed by atoms with van der Waals surface area (Å²) in [7, 11) is -3.69. The van der Waals surface area contributed by atoms with E-state index in [1.165, 1.54) is 24.3 Å². The van der Waals surface area contributed by atoms with Crippen molar-refractivity contribution in [3.63, 3.8) is 0 Å². The van der Waals surface area contributed by atoms with Gasteiger partial charge in [0.05, 0.1) is 11.9 Å². The average molecular weight is 344 g/mol. The van der Waals surface area contributed by atoms with Crippen LogP contribution in [0.4, 0.5) is 10.1 Å². The van der Waals surface area contributed by atoms with Crippen LogP contribution in [0.15, 0.2) is 24.3 Å². The monoisotopic (exact) mass is 344 g/mol. The Morgan fingerprint density at radius 1 is 1.26 bits per heavy atom.